The molecule has 0 saturated heterocycles. The van der Waals surface area contributed by atoms with Crippen LogP contribution in [-0.4, -0.2) is 14.5 Å². The van der Waals surface area contributed by atoms with Gasteiger partial charge in [-0.25, -0.2) is 13.1 Å². The molecule has 0 unspecified atom stereocenters. The molecule has 1 fully saturated rings. The first kappa shape index (κ1) is 15.0. The van der Waals surface area contributed by atoms with Crippen molar-refractivity contribution in [2.24, 2.45) is 5.92 Å². The quantitative estimate of drug-likeness (QED) is 0.909. The van der Waals surface area contributed by atoms with Crippen molar-refractivity contribution in [1.82, 2.24) is 4.72 Å². The van der Waals surface area contributed by atoms with Gasteiger partial charge in [-0.1, -0.05) is 22.9 Å². The maximum Gasteiger partial charge on any atom is 0.240 e. The van der Waals surface area contributed by atoms with E-state index in [1.165, 1.54) is 0 Å². The Hall–Kier alpha value is -0.390. The second kappa shape index (κ2) is 5.94. The van der Waals surface area contributed by atoms with E-state index in [-0.39, 0.29) is 6.04 Å². The van der Waals surface area contributed by atoms with Gasteiger partial charge >= 0.3 is 0 Å². The average Bonchev–Trinajstić information content (AvgIpc) is 2.35. The van der Waals surface area contributed by atoms with Crippen LogP contribution in [0.1, 0.15) is 38.2 Å². The molecule has 0 aliphatic heterocycles. The molecule has 0 aromatic heterocycles. The first-order valence-corrected chi connectivity index (χ1v) is 8.94. The summed E-state index contributed by atoms with van der Waals surface area (Å²) in [6.07, 6.45) is 4.09. The molecule has 5 heteroatoms. The lowest BCUT2D eigenvalue weighted by molar-refractivity contribution is 0.332. The molecule has 1 N–H and O–H groups in total. The highest BCUT2D eigenvalue weighted by molar-refractivity contribution is 9.10. The number of benzene rings is 1. The highest BCUT2D eigenvalue weighted by Crippen LogP contribution is 2.25. The van der Waals surface area contributed by atoms with Crippen molar-refractivity contribution in [3.8, 4) is 0 Å². The summed E-state index contributed by atoms with van der Waals surface area (Å²) in [5.74, 6) is 0.718. The predicted molar refractivity (Wildman–Crippen MR) is 80.6 cm³/mol. The van der Waals surface area contributed by atoms with E-state index in [0.29, 0.717) is 4.90 Å². The summed E-state index contributed by atoms with van der Waals surface area (Å²) in [5.41, 5.74) is 0.931. The van der Waals surface area contributed by atoms with Crippen LogP contribution in [0.5, 0.6) is 0 Å². The van der Waals surface area contributed by atoms with Crippen LogP contribution >= 0.6 is 15.9 Å². The van der Waals surface area contributed by atoms with Gasteiger partial charge in [-0.15, -0.1) is 0 Å². The SMILES string of the molecule is Cc1cc(S(=O)(=O)NC2CCC(C)CC2)ccc1Br. The van der Waals surface area contributed by atoms with Crippen LogP contribution in [0.25, 0.3) is 0 Å². The van der Waals surface area contributed by atoms with Gasteiger partial charge in [-0.2, -0.15) is 0 Å². The summed E-state index contributed by atoms with van der Waals surface area (Å²) in [6.45, 7) is 4.12. The second-order valence-corrected chi connectivity index (χ2v) is 8.06. The van der Waals surface area contributed by atoms with Crippen molar-refractivity contribution in [3.05, 3.63) is 28.2 Å². The number of rotatable bonds is 3. The molecular formula is C14H20BrNO2S. The molecule has 106 valence electrons. The Bertz CT molecular complexity index is 549. The van der Waals surface area contributed by atoms with Gasteiger partial charge < -0.3 is 0 Å². The lowest BCUT2D eigenvalue weighted by Crippen LogP contribution is -2.37. The number of hydrogen-bond donors (Lipinski definition) is 1. The minimum absolute atomic E-state index is 0.0881. The van der Waals surface area contributed by atoms with Crippen LogP contribution in [0.2, 0.25) is 0 Å². The van der Waals surface area contributed by atoms with E-state index in [4.69, 9.17) is 0 Å². The Labute approximate surface area is 124 Å². The fourth-order valence-electron chi connectivity index (χ4n) is 2.45. The molecule has 0 heterocycles. The molecule has 1 aromatic rings. The van der Waals surface area contributed by atoms with Crippen LogP contribution < -0.4 is 4.72 Å². The zero-order valence-corrected chi connectivity index (χ0v) is 13.7. The molecule has 0 radical (unpaired) electrons. The van der Waals surface area contributed by atoms with Gasteiger partial charge in [-0.3, -0.25) is 0 Å². The van der Waals surface area contributed by atoms with Crippen molar-refractivity contribution in [2.75, 3.05) is 0 Å². The van der Waals surface area contributed by atoms with E-state index in [0.717, 1.165) is 41.6 Å². The van der Waals surface area contributed by atoms with Crippen molar-refractivity contribution in [1.29, 1.82) is 0 Å². The molecule has 2 rings (SSSR count). The maximum absolute atomic E-state index is 12.3. The first-order valence-electron chi connectivity index (χ1n) is 6.67. The number of hydrogen-bond acceptors (Lipinski definition) is 2. The highest BCUT2D eigenvalue weighted by atomic mass is 79.9. The zero-order chi connectivity index (χ0) is 14.0. The standard InChI is InChI=1S/C14H20BrNO2S/c1-10-3-5-12(6-4-10)16-19(17,18)13-7-8-14(15)11(2)9-13/h7-10,12,16H,3-6H2,1-2H3. The van der Waals surface area contributed by atoms with E-state index < -0.39 is 10.0 Å². The minimum atomic E-state index is -3.39. The topological polar surface area (TPSA) is 46.2 Å². The molecule has 0 bridgehead atoms. The van der Waals surface area contributed by atoms with Crippen LogP contribution in [0.4, 0.5) is 0 Å². The predicted octanol–water partition coefficient (Wildman–Crippen LogP) is 3.61. The fourth-order valence-corrected chi connectivity index (χ4v) is 4.09. The Morgan fingerprint density at radius 3 is 2.42 bits per heavy atom. The maximum atomic E-state index is 12.3. The van der Waals surface area contributed by atoms with Gasteiger partial charge in [0.1, 0.15) is 0 Å². The minimum Gasteiger partial charge on any atom is -0.208 e. The van der Waals surface area contributed by atoms with Gasteiger partial charge in [0.15, 0.2) is 0 Å². The third-order valence-electron chi connectivity index (χ3n) is 3.78. The highest BCUT2D eigenvalue weighted by Gasteiger charge is 2.24. The summed E-state index contributed by atoms with van der Waals surface area (Å²) in [7, 11) is -3.39. The monoisotopic (exact) mass is 345 g/mol. The van der Waals surface area contributed by atoms with Gasteiger partial charge in [0.05, 0.1) is 4.90 Å². The molecule has 1 aliphatic rings. The molecule has 1 aliphatic carbocycles. The van der Waals surface area contributed by atoms with Crippen LogP contribution in [0, 0.1) is 12.8 Å². The third kappa shape index (κ3) is 3.80. The van der Waals surface area contributed by atoms with Crippen LogP contribution in [-0.2, 0) is 10.0 Å². The number of sulfonamides is 1. The summed E-state index contributed by atoms with van der Waals surface area (Å²) in [6, 6.07) is 5.22. The normalized spacial score (nSPS) is 24.4. The molecule has 1 saturated carbocycles. The lowest BCUT2D eigenvalue weighted by atomic mass is 9.88. The van der Waals surface area contributed by atoms with Crippen molar-refractivity contribution in [3.63, 3.8) is 0 Å². The Morgan fingerprint density at radius 1 is 1.21 bits per heavy atom. The van der Waals surface area contributed by atoms with E-state index >= 15 is 0 Å². The van der Waals surface area contributed by atoms with Crippen LogP contribution in [0.3, 0.4) is 0 Å². The summed E-state index contributed by atoms with van der Waals surface area (Å²) >= 11 is 3.39. The Morgan fingerprint density at radius 2 is 1.84 bits per heavy atom. The largest absolute Gasteiger partial charge is 0.240 e. The Kier molecular flexibility index (Phi) is 4.69. The number of halogens is 1. The second-order valence-electron chi connectivity index (χ2n) is 5.49. The number of nitrogens with one attached hydrogen (secondary N) is 1. The van der Waals surface area contributed by atoms with Crippen molar-refractivity contribution in [2.45, 2.75) is 50.5 Å². The molecule has 3 nitrogen and oxygen atoms in total. The summed E-state index contributed by atoms with van der Waals surface area (Å²) in [5, 5.41) is 0. The molecule has 1 aromatic carbocycles. The number of aryl methyl sites for hydroxylation is 1. The average molecular weight is 346 g/mol. The van der Waals surface area contributed by atoms with Crippen molar-refractivity contribution < 1.29 is 8.42 Å². The van der Waals surface area contributed by atoms with Gasteiger partial charge in [-0.05, 0) is 62.3 Å². The first-order chi connectivity index (χ1) is 8.88. The molecular weight excluding hydrogens is 326 g/mol. The smallest absolute Gasteiger partial charge is 0.208 e. The summed E-state index contributed by atoms with van der Waals surface area (Å²) in [4.78, 5) is 0.354. The third-order valence-corrected chi connectivity index (χ3v) is 6.19. The van der Waals surface area contributed by atoms with Crippen LogP contribution in [0.15, 0.2) is 27.6 Å². The zero-order valence-electron chi connectivity index (χ0n) is 11.3. The molecule has 0 atom stereocenters. The van der Waals surface area contributed by atoms with Gasteiger partial charge in [0.25, 0.3) is 0 Å². The molecule has 19 heavy (non-hydrogen) atoms. The van der Waals surface area contributed by atoms with E-state index in [1.54, 1.807) is 18.2 Å². The van der Waals surface area contributed by atoms with Gasteiger partial charge in [0, 0.05) is 10.5 Å². The van der Waals surface area contributed by atoms with E-state index in [1.807, 2.05) is 6.92 Å². The van der Waals surface area contributed by atoms with Gasteiger partial charge in [0.2, 0.25) is 10.0 Å². The Balaban J connectivity index is 2.11. The molecule has 0 spiro atoms. The molecule has 0 amide bonds. The van der Waals surface area contributed by atoms with Crippen molar-refractivity contribution >= 4 is 26.0 Å². The van der Waals surface area contributed by atoms with E-state index in [2.05, 4.69) is 27.6 Å². The summed E-state index contributed by atoms with van der Waals surface area (Å²) < 4.78 is 28.4. The lowest BCUT2D eigenvalue weighted by Gasteiger charge is -2.26. The fraction of sp³-hybridized carbons (Fsp3) is 0.571. The van der Waals surface area contributed by atoms with E-state index in [9.17, 15) is 8.42 Å².